The van der Waals surface area contributed by atoms with Crippen molar-refractivity contribution < 1.29 is 19.5 Å². The van der Waals surface area contributed by atoms with Crippen molar-refractivity contribution in [1.29, 1.82) is 0 Å². The number of carbonyl (C=O) groups is 3. The van der Waals surface area contributed by atoms with E-state index in [0.717, 1.165) is 5.56 Å². The van der Waals surface area contributed by atoms with E-state index in [4.69, 9.17) is 5.11 Å². The van der Waals surface area contributed by atoms with E-state index in [1.807, 2.05) is 6.07 Å². The average Bonchev–Trinajstić information content (AvgIpc) is 2.42. The van der Waals surface area contributed by atoms with Gasteiger partial charge in [0.15, 0.2) is 0 Å². The minimum Gasteiger partial charge on any atom is -0.481 e. The summed E-state index contributed by atoms with van der Waals surface area (Å²) in [6.07, 6.45) is 1.17. The van der Waals surface area contributed by atoms with E-state index >= 15 is 0 Å². The van der Waals surface area contributed by atoms with Crippen molar-refractivity contribution in [2.24, 2.45) is 11.8 Å². The molecule has 0 heterocycles. The first-order chi connectivity index (χ1) is 10.4. The van der Waals surface area contributed by atoms with Gasteiger partial charge in [-0.1, -0.05) is 12.1 Å². The van der Waals surface area contributed by atoms with Crippen LogP contribution < -0.4 is 5.32 Å². The van der Waals surface area contributed by atoms with Gasteiger partial charge in [0.1, 0.15) is 0 Å². The molecule has 6 nitrogen and oxygen atoms in total. The Hall–Kier alpha value is -2.37. The molecule has 1 aliphatic carbocycles. The SMILES string of the molecule is CN(C)C(=O)c1cccc(CNC(=O)C2CCC2C(=O)O)c1. The molecule has 2 N–H and O–H groups in total. The number of nitrogens with zero attached hydrogens (tertiary/aromatic N) is 1. The Kier molecular flexibility index (Phi) is 4.80. The van der Waals surface area contributed by atoms with Gasteiger partial charge in [-0.05, 0) is 30.5 Å². The highest BCUT2D eigenvalue weighted by Gasteiger charge is 2.41. The minimum absolute atomic E-state index is 0.0990. The van der Waals surface area contributed by atoms with Gasteiger partial charge in [-0.2, -0.15) is 0 Å². The second-order valence-corrected chi connectivity index (χ2v) is 5.75. The number of carboxylic acids is 1. The number of hydrogen-bond acceptors (Lipinski definition) is 3. The average molecular weight is 304 g/mol. The van der Waals surface area contributed by atoms with Crippen molar-refractivity contribution in [3.63, 3.8) is 0 Å². The molecule has 2 unspecified atom stereocenters. The molecule has 118 valence electrons. The lowest BCUT2D eigenvalue weighted by Gasteiger charge is -2.31. The molecule has 1 aliphatic rings. The second-order valence-electron chi connectivity index (χ2n) is 5.75. The van der Waals surface area contributed by atoms with Crippen LogP contribution in [0.2, 0.25) is 0 Å². The molecular formula is C16H20N2O4. The molecule has 1 saturated carbocycles. The summed E-state index contributed by atoms with van der Waals surface area (Å²) in [5.74, 6) is -2.25. The summed E-state index contributed by atoms with van der Waals surface area (Å²) in [5.41, 5.74) is 1.37. The van der Waals surface area contributed by atoms with Gasteiger partial charge >= 0.3 is 5.97 Å². The number of nitrogens with one attached hydrogen (secondary N) is 1. The van der Waals surface area contributed by atoms with Crippen LogP contribution in [-0.2, 0) is 16.1 Å². The van der Waals surface area contributed by atoms with Crippen molar-refractivity contribution in [2.75, 3.05) is 14.1 Å². The first-order valence-electron chi connectivity index (χ1n) is 7.21. The van der Waals surface area contributed by atoms with Crippen molar-refractivity contribution >= 4 is 17.8 Å². The van der Waals surface area contributed by atoms with E-state index in [-0.39, 0.29) is 18.4 Å². The molecule has 2 atom stereocenters. The lowest BCUT2D eigenvalue weighted by Crippen LogP contribution is -2.43. The monoisotopic (exact) mass is 304 g/mol. The number of carbonyl (C=O) groups excluding carboxylic acids is 2. The van der Waals surface area contributed by atoms with Crippen LogP contribution in [0.5, 0.6) is 0 Å². The van der Waals surface area contributed by atoms with Gasteiger partial charge in [-0.25, -0.2) is 0 Å². The minimum atomic E-state index is -0.912. The summed E-state index contributed by atoms with van der Waals surface area (Å²) in [5, 5.41) is 11.7. The molecule has 1 fully saturated rings. The fourth-order valence-corrected chi connectivity index (χ4v) is 2.50. The van der Waals surface area contributed by atoms with E-state index < -0.39 is 17.8 Å². The van der Waals surface area contributed by atoms with Gasteiger partial charge in [0.25, 0.3) is 5.91 Å². The third-order valence-corrected chi connectivity index (χ3v) is 3.98. The molecule has 1 aromatic rings. The molecule has 0 bridgehead atoms. The highest BCUT2D eigenvalue weighted by molar-refractivity contribution is 5.94. The summed E-state index contributed by atoms with van der Waals surface area (Å²) in [4.78, 5) is 36.3. The van der Waals surface area contributed by atoms with Crippen LogP contribution in [0.3, 0.4) is 0 Å². The maximum atomic E-state index is 12.0. The maximum Gasteiger partial charge on any atom is 0.307 e. The van der Waals surface area contributed by atoms with E-state index in [2.05, 4.69) is 5.32 Å². The maximum absolute atomic E-state index is 12.0. The molecule has 2 amide bonds. The van der Waals surface area contributed by atoms with Gasteiger partial charge < -0.3 is 15.3 Å². The molecule has 22 heavy (non-hydrogen) atoms. The Morgan fingerprint density at radius 2 is 1.91 bits per heavy atom. The number of amides is 2. The van der Waals surface area contributed by atoms with Gasteiger partial charge in [-0.15, -0.1) is 0 Å². The van der Waals surface area contributed by atoms with Crippen molar-refractivity contribution in [2.45, 2.75) is 19.4 Å². The number of hydrogen-bond donors (Lipinski definition) is 2. The molecule has 1 aromatic carbocycles. The number of carboxylic acid groups (broad SMARTS) is 1. The van der Waals surface area contributed by atoms with Crippen LogP contribution in [0, 0.1) is 11.8 Å². The first-order valence-corrected chi connectivity index (χ1v) is 7.21. The predicted octanol–water partition coefficient (Wildman–Crippen LogP) is 1.12. The van der Waals surface area contributed by atoms with Crippen molar-refractivity contribution in [3.05, 3.63) is 35.4 Å². The van der Waals surface area contributed by atoms with Crippen LogP contribution in [0.15, 0.2) is 24.3 Å². The Balaban J connectivity index is 1.94. The Morgan fingerprint density at radius 3 is 2.45 bits per heavy atom. The number of aliphatic carboxylic acids is 1. The van der Waals surface area contributed by atoms with Gasteiger partial charge in [-0.3, -0.25) is 14.4 Å². The Morgan fingerprint density at radius 1 is 1.23 bits per heavy atom. The van der Waals surface area contributed by atoms with Gasteiger partial charge in [0.05, 0.1) is 11.8 Å². The van der Waals surface area contributed by atoms with Crippen molar-refractivity contribution in [3.8, 4) is 0 Å². The van der Waals surface area contributed by atoms with Crippen LogP contribution in [0.25, 0.3) is 0 Å². The quantitative estimate of drug-likeness (QED) is 0.853. The lowest BCUT2D eigenvalue weighted by atomic mass is 9.73. The lowest BCUT2D eigenvalue weighted by molar-refractivity contribution is -0.152. The summed E-state index contributed by atoms with van der Waals surface area (Å²) in [6.45, 7) is 0.288. The highest BCUT2D eigenvalue weighted by atomic mass is 16.4. The molecule has 0 saturated heterocycles. The molecule has 2 rings (SSSR count). The first kappa shape index (κ1) is 16.0. The van der Waals surface area contributed by atoms with Crippen LogP contribution in [0.4, 0.5) is 0 Å². The standard InChI is InChI=1S/C16H20N2O4/c1-18(2)15(20)11-5-3-4-10(8-11)9-17-14(19)12-6-7-13(12)16(21)22/h3-5,8,12-13H,6-7,9H2,1-2H3,(H,17,19)(H,21,22). The molecule has 0 aliphatic heterocycles. The topological polar surface area (TPSA) is 86.7 Å². The zero-order valence-electron chi connectivity index (χ0n) is 12.7. The Labute approximate surface area is 129 Å². The summed E-state index contributed by atoms with van der Waals surface area (Å²) in [6, 6.07) is 7.04. The molecule has 0 spiro atoms. The van der Waals surface area contributed by atoms with Crippen LogP contribution >= 0.6 is 0 Å². The van der Waals surface area contributed by atoms with E-state index in [9.17, 15) is 14.4 Å². The molecule has 0 aromatic heterocycles. The van der Waals surface area contributed by atoms with E-state index in [1.165, 1.54) is 4.90 Å². The van der Waals surface area contributed by atoms with E-state index in [0.29, 0.717) is 18.4 Å². The zero-order valence-corrected chi connectivity index (χ0v) is 12.7. The van der Waals surface area contributed by atoms with E-state index in [1.54, 1.807) is 32.3 Å². The fraction of sp³-hybridized carbons (Fsp3) is 0.438. The third kappa shape index (κ3) is 3.44. The summed E-state index contributed by atoms with van der Waals surface area (Å²) < 4.78 is 0. The van der Waals surface area contributed by atoms with Gasteiger partial charge in [0, 0.05) is 26.2 Å². The largest absolute Gasteiger partial charge is 0.481 e. The zero-order chi connectivity index (χ0) is 16.3. The number of rotatable bonds is 5. The molecule has 0 radical (unpaired) electrons. The smallest absolute Gasteiger partial charge is 0.307 e. The van der Waals surface area contributed by atoms with Crippen LogP contribution in [0.1, 0.15) is 28.8 Å². The Bertz CT molecular complexity index is 598. The van der Waals surface area contributed by atoms with Crippen molar-refractivity contribution in [1.82, 2.24) is 10.2 Å². The third-order valence-electron chi connectivity index (χ3n) is 3.98. The molecule has 6 heteroatoms. The fourth-order valence-electron chi connectivity index (χ4n) is 2.50. The number of benzene rings is 1. The summed E-state index contributed by atoms with van der Waals surface area (Å²) in [7, 11) is 3.36. The van der Waals surface area contributed by atoms with Gasteiger partial charge in [0.2, 0.25) is 5.91 Å². The second kappa shape index (κ2) is 6.60. The van der Waals surface area contributed by atoms with Crippen LogP contribution in [-0.4, -0.2) is 41.9 Å². The predicted molar refractivity (Wildman–Crippen MR) is 80.2 cm³/mol. The normalized spacial score (nSPS) is 19.9. The molecular weight excluding hydrogens is 284 g/mol. The summed E-state index contributed by atoms with van der Waals surface area (Å²) >= 11 is 0. The highest BCUT2D eigenvalue weighted by Crippen LogP contribution is 2.34.